The van der Waals surface area contributed by atoms with Crippen LogP contribution in [-0.4, -0.2) is 50.3 Å². The zero-order valence-corrected chi connectivity index (χ0v) is 14.0. The summed E-state index contributed by atoms with van der Waals surface area (Å²) in [5.41, 5.74) is 0. The lowest BCUT2D eigenvalue weighted by molar-refractivity contribution is 0.182. The van der Waals surface area contributed by atoms with Crippen molar-refractivity contribution in [2.24, 2.45) is 5.92 Å². The molecule has 0 bridgehead atoms. The molecule has 1 saturated carbocycles. The largest absolute Gasteiger partial charge is 0.300 e. The van der Waals surface area contributed by atoms with Gasteiger partial charge in [-0.3, -0.25) is 0 Å². The second-order valence-corrected chi connectivity index (χ2v) is 8.52. The number of piperazine rings is 1. The Labute approximate surface area is 133 Å². The van der Waals surface area contributed by atoms with Crippen molar-refractivity contribution in [3.63, 3.8) is 0 Å². The average Bonchev–Trinajstić information content (AvgIpc) is 3.26. The van der Waals surface area contributed by atoms with Crippen molar-refractivity contribution in [3.05, 3.63) is 28.5 Å². The minimum atomic E-state index is -3.59. The van der Waals surface area contributed by atoms with Gasteiger partial charge in [-0.05, 0) is 52.9 Å². The van der Waals surface area contributed by atoms with E-state index in [1.807, 2.05) is 0 Å². The molecule has 2 aliphatic rings. The normalized spacial score (nSPS) is 21.6. The molecule has 0 aromatic heterocycles. The Bertz CT molecular complexity index is 626. The predicted octanol–water partition coefficient (Wildman–Crippen LogP) is 2.30. The smallest absolute Gasteiger partial charge is 0.243 e. The highest BCUT2D eigenvalue weighted by atomic mass is 79.9. The van der Waals surface area contributed by atoms with Gasteiger partial charge in [-0.25, -0.2) is 12.8 Å². The first-order valence-electron chi connectivity index (χ1n) is 7.14. The highest BCUT2D eigenvalue weighted by Gasteiger charge is 2.31. The van der Waals surface area contributed by atoms with Gasteiger partial charge in [0.15, 0.2) is 0 Å². The minimum Gasteiger partial charge on any atom is -0.300 e. The highest BCUT2D eigenvalue weighted by Crippen LogP contribution is 2.30. The SMILES string of the molecule is O=S(=O)(c1ccc(Br)c(F)c1)N1CCN(CC2CC2)CC1. The van der Waals surface area contributed by atoms with Crippen LogP contribution in [0.15, 0.2) is 27.6 Å². The number of benzene rings is 1. The monoisotopic (exact) mass is 376 g/mol. The van der Waals surface area contributed by atoms with Gasteiger partial charge in [0.2, 0.25) is 10.0 Å². The van der Waals surface area contributed by atoms with Crippen LogP contribution in [0.3, 0.4) is 0 Å². The number of rotatable bonds is 4. The molecule has 0 unspecified atom stereocenters. The Balaban J connectivity index is 1.68. The summed E-state index contributed by atoms with van der Waals surface area (Å²) in [6, 6.07) is 3.96. The van der Waals surface area contributed by atoms with E-state index in [4.69, 9.17) is 0 Å². The quantitative estimate of drug-likeness (QED) is 0.809. The van der Waals surface area contributed by atoms with E-state index in [0.29, 0.717) is 13.1 Å². The summed E-state index contributed by atoms with van der Waals surface area (Å²) in [5.74, 6) is 0.261. The summed E-state index contributed by atoms with van der Waals surface area (Å²) in [6.45, 7) is 3.56. The van der Waals surface area contributed by atoms with Crippen LogP contribution >= 0.6 is 15.9 Å². The third-order valence-electron chi connectivity index (χ3n) is 4.07. The maximum Gasteiger partial charge on any atom is 0.243 e. The van der Waals surface area contributed by atoms with Crippen LogP contribution in [0, 0.1) is 11.7 Å². The summed E-state index contributed by atoms with van der Waals surface area (Å²) in [7, 11) is -3.59. The minimum absolute atomic E-state index is 0.0267. The lowest BCUT2D eigenvalue weighted by Gasteiger charge is -2.34. The Morgan fingerprint density at radius 2 is 1.86 bits per heavy atom. The van der Waals surface area contributed by atoms with Gasteiger partial charge in [0.05, 0.1) is 9.37 Å². The van der Waals surface area contributed by atoms with Crippen LogP contribution in [-0.2, 0) is 10.0 Å². The molecule has 1 aliphatic heterocycles. The Kier molecular flexibility index (Phi) is 4.36. The predicted molar refractivity (Wildman–Crippen MR) is 82.0 cm³/mol. The molecule has 1 aromatic carbocycles. The fourth-order valence-electron chi connectivity index (χ4n) is 2.60. The molecule has 7 heteroatoms. The molecular weight excluding hydrogens is 359 g/mol. The average molecular weight is 377 g/mol. The van der Waals surface area contributed by atoms with E-state index < -0.39 is 15.8 Å². The first-order valence-corrected chi connectivity index (χ1v) is 9.37. The van der Waals surface area contributed by atoms with Crippen molar-refractivity contribution < 1.29 is 12.8 Å². The number of hydrogen-bond acceptors (Lipinski definition) is 3. The van der Waals surface area contributed by atoms with E-state index in [1.165, 1.54) is 29.3 Å². The molecule has 1 aliphatic carbocycles. The number of sulfonamides is 1. The summed E-state index contributed by atoms with van der Waals surface area (Å²) < 4.78 is 40.3. The van der Waals surface area contributed by atoms with Gasteiger partial charge in [-0.2, -0.15) is 4.31 Å². The Morgan fingerprint density at radius 3 is 2.43 bits per heavy atom. The molecular formula is C14H18BrFN2O2S. The van der Waals surface area contributed by atoms with Crippen molar-refractivity contribution in [1.82, 2.24) is 9.21 Å². The van der Waals surface area contributed by atoms with Gasteiger partial charge in [-0.15, -0.1) is 0 Å². The van der Waals surface area contributed by atoms with Crippen molar-refractivity contribution >= 4 is 26.0 Å². The van der Waals surface area contributed by atoms with Crippen LogP contribution in [0.2, 0.25) is 0 Å². The molecule has 0 radical (unpaired) electrons. The first kappa shape index (κ1) is 15.4. The summed E-state index contributed by atoms with van der Waals surface area (Å²) in [4.78, 5) is 2.35. The third kappa shape index (κ3) is 3.47. The maximum atomic E-state index is 13.6. The van der Waals surface area contributed by atoms with E-state index in [-0.39, 0.29) is 9.37 Å². The standard InChI is InChI=1S/C14H18BrFN2O2S/c15-13-4-3-12(9-14(13)16)21(19,20)18-7-5-17(6-8-18)10-11-1-2-11/h3-4,9,11H,1-2,5-8,10H2. The van der Waals surface area contributed by atoms with E-state index >= 15 is 0 Å². The van der Waals surface area contributed by atoms with Crippen molar-refractivity contribution in [2.75, 3.05) is 32.7 Å². The molecule has 4 nitrogen and oxygen atoms in total. The molecule has 1 saturated heterocycles. The lowest BCUT2D eigenvalue weighted by atomic mass is 10.3. The van der Waals surface area contributed by atoms with Gasteiger partial charge < -0.3 is 4.90 Å². The fourth-order valence-corrected chi connectivity index (χ4v) is 4.29. The van der Waals surface area contributed by atoms with E-state index in [0.717, 1.165) is 31.6 Å². The zero-order chi connectivity index (χ0) is 15.0. The molecule has 0 spiro atoms. The molecule has 116 valence electrons. The molecule has 0 amide bonds. The second-order valence-electron chi connectivity index (χ2n) is 5.72. The van der Waals surface area contributed by atoms with Crippen molar-refractivity contribution in [2.45, 2.75) is 17.7 Å². The molecule has 3 rings (SSSR count). The topological polar surface area (TPSA) is 40.6 Å². The van der Waals surface area contributed by atoms with Gasteiger partial charge in [-0.1, -0.05) is 0 Å². The van der Waals surface area contributed by atoms with Crippen LogP contribution in [0.25, 0.3) is 0 Å². The van der Waals surface area contributed by atoms with Crippen molar-refractivity contribution in [1.29, 1.82) is 0 Å². The number of nitrogens with zero attached hydrogens (tertiary/aromatic N) is 2. The zero-order valence-electron chi connectivity index (χ0n) is 11.6. The van der Waals surface area contributed by atoms with E-state index in [2.05, 4.69) is 20.8 Å². The van der Waals surface area contributed by atoms with Gasteiger partial charge in [0.25, 0.3) is 0 Å². The van der Waals surface area contributed by atoms with Crippen LogP contribution in [0.4, 0.5) is 4.39 Å². The lowest BCUT2D eigenvalue weighted by Crippen LogP contribution is -2.49. The first-order chi connectivity index (χ1) is 9.96. The number of hydrogen-bond donors (Lipinski definition) is 0. The summed E-state index contributed by atoms with van der Waals surface area (Å²) in [5, 5.41) is 0. The molecule has 2 fully saturated rings. The Hall–Kier alpha value is -0.500. The third-order valence-corrected chi connectivity index (χ3v) is 6.61. The molecule has 1 heterocycles. The molecule has 1 aromatic rings. The van der Waals surface area contributed by atoms with Crippen molar-refractivity contribution in [3.8, 4) is 0 Å². The second kappa shape index (κ2) is 5.95. The fraction of sp³-hybridized carbons (Fsp3) is 0.571. The van der Waals surface area contributed by atoms with Crippen LogP contribution < -0.4 is 0 Å². The van der Waals surface area contributed by atoms with E-state index in [1.54, 1.807) is 0 Å². The van der Waals surface area contributed by atoms with Gasteiger partial charge >= 0.3 is 0 Å². The molecule has 21 heavy (non-hydrogen) atoms. The van der Waals surface area contributed by atoms with E-state index in [9.17, 15) is 12.8 Å². The highest BCUT2D eigenvalue weighted by molar-refractivity contribution is 9.10. The molecule has 0 N–H and O–H groups in total. The van der Waals surface area contributed by atoms with Gasteiger partial charge in [0.1, 0.15) is 5.82 Å². The van der Waals surface area contributed by atoms with Crippen LogP contribution in [0.1, 0.15) is 12.8 Å². The summed E-state index contributed by atoms with van der Waals surface area (Å²) in [6.07, 6.45) is 2.60. The molecule has 0 atom stereocenters. The summed E-state index contributed by atoms with van der Waals surface area (Å²) >= 11 is 3.04. The maximum absolute atomic E-state index is 13.6. The Morgan fingerprint density at radius 1 is 1.19 bits per heavy atom. The number of halogens is 2. The van der Waals surface area contributed by atoms with Crippen LogP contribution in [0.5, 0.6) is 0 Å². The van der Waals surface area contributed by atoms with Gasteiger partial charge in [0, 0.05) is 32.7 Å².